The number of aliphatic hydroxyl groups is 1. The van der Waals surface area contributed by atoms with Crippen molar-refractivity contribution in [3.63, 3.8) is 0 Å². The Morgan fingerprint density at radius 3 is 3.05 bits per heavy atom. The van der Waals surface area contributed by atoms with Crippen molar-refractivity contribution in [1.82, 2.24) is 15.2 Å². The number of hydrogen-bond acceptors (Lipinski definition) is 4. The molecule has 0 radical (unpaired) electrons. The van der Waals surface area contributed by atoms with E-state index in [-0.39, 0.29) is 18.0 Å². The molecule has 0 aliphatic carbocycles. The van der Waals surface area contributed by atoms with Crippen LogP contribution < -0.4 is 5.32 Å². The molecule has 1 aromatic rings. The Kier molecular flexibility index (Phi) is 4.99. The maximum Gasteiger partial charge on any atom is 0.318 e. The lowest BCUT2D eigenvalue weighted by molar-refractivity contribution is 0.0431. The largest absolute Gasteiger partial charge is 0.391 e. The zero-order chi connectivity index (χ0) is 14.7. The minimum absolute atomic E-state index is 0.0932. The topological polar surface area (TPSA) is 65.5 Å². The SMILES string of the molecule is CCc1cnc(C(C)NC(=O)N2CCC(C)C(O)C2)s1. The molecule has 1 aromatic heterocycles. The number of nitrogens with one attached hydrogen (secondary N) is 1. The van der Waals surface area contributed by atoms with Crippen molar-refractivity contribution in [2.45, 2.75) is 45.8 Å². The fourth-order valence-electron chi connectivity index (χ4n) is 2.26. The van der Waals surface area contributed by atoms with Crippen molar-refractivity contribution < 1.29 is 9.90 Å². The number of likely N-dealkylation sites (tertiary alicyclic amines) is 1. The van der Waals surface area contributed by atoms with E-state index in [1.807, 2.05) is 20.0 Å². The van der Waals surface area contributed by atoms with Crippen molar-refractivity contribution in [3.8, 4) is 0 Å². The lowest BCUT2D eigenvalue weighted by Crippen LogP contribution is -2.50. The van der Waals surface area contributed by atoms with Gasteiger partial charge in [-0.05, 0) is 25.7 Å². The number of aliphatic hydroxyl groups excluding tert-OH is 1. The quantitative estimate of drug-likeness (QED) is 0.898. The van der Waals surface area contributed by atoms with Gasteiger partial charge in [-0.1, -0.05) is 13.8 Å². The Balaban J connectivity index is 1.90. The molecule has 0 spiro atoms. The normalized spacial score (nSPS) is 24.5. The van der Waals surface area contributed by atoms with E-state index in [2.05, 4.69) is 17.2 Å². The summed E-state index contributed by atoms with van der Waals surface area (Å²) >= 11 is 1.64. The number of carbonyl (C=O) groups is 1. The number of aromatic nitrogens is 1. The Morgan fingerprint density at radius 2 is 2.45 bits per heavy atom. The molecule has 0 saturated carbocycles. The predicted octanol–water partition coefficient (Wildman–Crippen LogP) is 2.18. The minimum Gasteiger partial charge on any atom is -0.391 e. The molecule has 5 nitrogen and oxygen atoms in total. The van der Waals surface area contributed by atoms with Crippen LogP contribution in [0.5, 0.6) is 0 Å². The van der Waals surface area contributed by atoms with E-state index in [0.29, 0.717) is 13.1 Å². The highest BCUT2D eigenvalue weighted by atomic mass is 32.1. The van der Waals surface area contributed by atoms with Gasteiger partial charge in [0.25, 0.3) is 0 Å². The summed E-state index contributed by atoms with van der Waals surface area (Å²) in [6.07, 6.45) is 3.26. The van der Waals surface area contributed by atoms with Crippen LogP contribution in [0.3, 0.4) is 0 Å². The van der Waals surface area contributed by atoms with Crippen LogP contribution >= 0.6 is 11.3 Å². The molecular formula is C14H23N3O2S. The number of β-amino-alcohol motifs (C(OH)–C–C–N with tert-alkyl or cyclic N) is 1. The van der Waals surface area contributed by atoms with Crippen LogP contribution in [-0.2, 0) is 6.42 Å². The van der Waals surface area contributed by atoms with Gasteiger partial charge < -0.3 is 15.3 Å². The second-order valence-corrected chi connectivity index (χ2v) is 6.62. The third-order valence-electron chi connectivity index (χ3n) is 3.84. The number of piperidine rings is 1. The molecule has 1 aliphatic rings. The van der Waals surface area contributed by atoms with Crippen molar-refractivity contribution in [1.29, 1.82) is 0 Å². The third kappa shape index (κ3) is 3.49. The Morgan fingerprint density at radius 1 is 1.70 bits per heavy atom. The first-order valence-corrected chi connectivity index (χ1v) is 8.01. The summed E-state index contributed by atoms with van der Waals surface area (Å²) in [7, 11) is 0. The first-order chi connectivity index (χ1) is 9.51. The summed E-state index contributed by atoms with van der Waals surface area (Å²) in [5.74, 6) is 0.266. The van der Waals surface area contributed by atoms with Gasteiger partial charge in [-0.15, -0.1) is 11.3 Å². The number of amides is 2. The van der Waals surface area contributed by atoms with Gasteiger partial charge in [0.05, 0.1) is 12.1 Å². The Labute approximate surface area is 124 Å². The maximum atomic E-state index is 12.2. The summed E-state index contributed by atoms with van der Waals surface area (Å²) in [6, 6.07) is -0.207. The Bertz CT molecular complexity index is 463. The highest BCUT2D eigenvalue weighted by Gasteiger charge is 2.28. The summed E-state index contributed by atoms with van der Waals surface area (Å²) in [6.45, 7) is 7.17. The molecule has 6 heteroatoms. The number of aryl methyl sites for hydroxylation is 1. The van der Waals surface area contributed by atoms with Crippen molar-refractivity contribution in [2.24, 2.45) is 5.92 Å². The first kappa shape index (κ1) is 15.3. The molecule has 0 aromatic carbocycles. The van der Waals surface area contributed by atoms with E-state index >= 15 is 0 Å². The van der Waals surface area contributed by atoms with Crippen molar-refractivity contribution in [2.75, 3.05) is 13.1 Å². The number of hydrogen-bond donors (Lipinski definition) is 2. The van der Waals surface area contributed by atoms with Crippen LogP contribution in [0.15, 0.2) is 6.20 Å². The van der Waals surface area contributed by atoms with Gasteiger partial charge >= 0.3 is 6.03 Å². The maximum absolute atomic E-state index is 12.2. The highest BCUT2D eigenvalue weighted by molar-refractivity contribution is 7.11. The van der Waals surface area contributed by atoms with E-state index in [1.165, 1.54) is 4.88 Å². The molecule has 0 bridgehead atoms. The smallest absolute Gasteiger partial charge is 0.318 e. The molecule has 1 saturated heterocycles. The van der Waals surface area contributed by atoms with Crippen molar-refractivity contribution in [3.05, 3.63) is 16.1 Å². The van der Waals surface area contributed by atoms with Crippen LogP contribution in [0.25, 0.3) is 0 Å². The second-order valence-electron chi connectivity index (χ2n) is 5.47. The van der Waals surface area contributed by atoms with Crippen LogP contribution in [0.2, 0.25) is 0 Å². The van der Waals surface area contributed by atoms with E-state index < -0.39 is 6.10 Å². The van der Waals surface area contributed by atoms with Crippen LogP contribution in [0.4, 0.5) is 4.79 Å². The molecule has 2 amide bonds. The Hall–Kier alpha value is -1.14. The van der Waals surface area contributed by atoms with Gasteiger partial charge in [-0.25, -0.2) is 9.78 Å². The monoisotopic (exact) mass is 297 g/mol. The lowest BCUT2D eigenvalue weighted by Gasteiger charge is -2.34. The molecule has 2 rings (SSSR count). The summed E-state index contributed by atoms with van der Waals surface area (Å²) in [4.78, 5) is 19.5. The van der Waals surface area contributed by atoms with Crippen LogP contribution in [0.1, 0.15) is 43.1 Å². The van der Waals surface area contributed by atoms with Gasteiger partial charge in [0, 0.05) is 24.2 Å². The van der Waals surface area contributed by atoms with E-state index in [1.54, 1.807) is 16.2 Å². The number of carbonyl (C=O) groups excluding carboxylic acids is 1. The molecular weight excluding hydrogens is 274 g/mol. The zero-order valence-electron chi connectivity index (χ0n) is 12.3. The fourth-order valence-corrected chi connectivity index (χ4v) is 3.12. The summed E-state index contributed by atoms with van der Waals surface area (Å²) in [5, 5.41) is 13.7. The molecule has 2 heterocycles. The molecule has 2 N–H and O–H groups in total. The highest BCUT2D eigenvalue weighted by Crippen LogP contribution is 2.21. The summed E-state index contributed by atoms with van der Waals surface area (Å²) in [5.41, 5.74) is 0. The van der Waals surface area contributed by atoms with Gasteiger partial charge in [-0.2, -0.15) is 0 Å². The molecule has 1 aliphatic heterocycles. The number of thiazole rings is 1. The molecule has 20 heavy (non-hydrogen) atoms. The van der Waals surface area contributed by atoms with E-state index in [0.717, 1.165) is 17.8 Å². The molecule has 3 atom stereocenters. The van der Waals surface area contributed by atoms with E-state index in [4.69, 9.17) is 0 Å². The predicted molar refractivity (Wildman–Crippen MR) is 79.8 cm³/mol. The standard InChI is InChI=1S/C14H23N3O2S/c1-4-11-7-15-13(20-11)10(3)16-14(19)17-6-5-9(2)12(18)8-17/h7,9-10,12,18H,4-6,8H2,1-3H3,(H,16,19). The van der Waals surface area contributed by atoms with E-state index in [9.17, 15) is 9.90 Å². The molecule has 112 valence electrons. The van der Waals surface area contributed by atoms with Crippen LogP contribution in [-0.4, -0.2) is 40.2 Å². The lowest BCUT2D eigenvalue weighted by atomic mass is 9.96. The third-order valence-corrected chi connectivity index (χ3v) is 5.16. The van der Waals surface area contributed by atoms with Crippen molar-refractivity contribution >= 4 is 17.4 Å². The van der Waals surface area contributed by atoms with Gasteiger partial charge in [0.2, 0.25) is 0 Å². The van der Waals surface area contributed by atoms with Crippen LogP contribution in [0, 0.1) is 5.92 Å². The molecule has 3 unspecified atom stereocenters. The average molecular weight is 297 g/mol. The second kappa shape index (κ2) is 6.54. The number of nitrogens with zero attached hydrogens (tertiary/aromatic N) is 2. The van der Waals surface area contributed by atoms with Gasteiger partial charge in [0.15, 0.2) is 0 Å². The summed E-state index contributed by atoms with van der Waals surface area (Å²) < 4.78 is 0. The average Bonchev–Trinajstić information content (AvgIpc) is 2.90. The first-order valence-electron chi connectivity index (χ1n) is 7.19. The minimum atomic E-state index is -0.420. The molecule has 1 fully saturated rings. The number of urea groups is 1. The fraction of sp³-hybridized carbons (Fsp3) is 0.714. The van der Waals surface area contributed by atoms with Gasteiger partial charge in [0.1, 0.15) is 5.01 Å². The zero-order valence-corrected chi connectivity index (χ0v) is 13.1. The number of rotatable bonds is 3. The van der Waals surface area contributed by atoms with Gasteiger partial charge in [-0.3, -0.25) is 0 Å².